The molecule has 7 heteroatoms. The van der Waals surface area contributed by atoms with Crippen LogP contribution in [0.3, 0.4) is 0 Å². The van der Waals surface area contributed by atoms with Crippen LogP contribution in [0.25, 0.3) is 10.8 Å². The molecule has 0 atom stereocenters. The zero-order valence-corrected chi connectivity index (χ0v) is 16.5. The van der Waals surface area contributed by atoms with Crippen LogP contribution >= 0.6 is 0 Å². The number of carbonyl (C=O) groups excluding carboxylic acids is 1. The number of nitrogens with one attached hydrogen (secondary N) is 2. The molecule has 0 fully saturated rings. The number of hydrogen-bond donors (Lipinski definition) is 2. The van der Waals surface area contributed by atoms with E-state index < -0.39 is 10.0 Å². The Kier molecular flexibility index (Phi) is 5.96. The van der Waals surface area contributed by atoms with Crippen molar-refractivity contribution in [3.63, 3.8) is 0 Å². The molecule has 3 rings (SSSR count). The first kappa shape index (κ1) is 19.9. The molecular weight excluding hydrogens is 376 g/mol. The summed E-state index contributed by atoms with van der Waals surface area (Å²) in [6, 6.07) is 18.5. The second kappa shape index (κ2) is 8.41. The van der Waals surface area contributed by atoms with Crippen LogP contribution < -0.4 is 14.8 Å². The van der Waals surface area contributed by atoms with Crippen molar-refractivity contribution in [3.8, 4) is 5.75 Å². The van der Waals surface area contributed by atoms with Crippen molar-refractivity contribution in [1.82, 2.24) is 10.0 Å². The van der Waals surface area contributed by atoms with E-state index >= 15 is 0 Å². The van der Waals surface area contributed by atoms with Crippen LogP contribution in [0, 0.1) is 0 Å². The summed E-state index contributed by atoms with van der Waals surface area (Å²) >= 11 is 0. The van der Waals surface area contributed by atoms with E-state index in [2.05, 4.69) is 10.0 Å². The van der Waals surface area contributed by atoms with Gasteiger partial charge in [0.25, 0.3) is 5.91 Å². The molecule has 0 aromatic heterocycles. The van der Waals surface area contributed by atoms with Gasteiger partial charge in [0, 0.05) is 6.54 Å². The summed E-state index contributed by atoms with van der Waals surface area (Å²) in [5.74, 6) is 0.0607. The third-order valence-electron chi connectivity index (χ3n) is 4.53. The third-order valence-corrected chi connectivity index (χ3v) is 5.84. The number of methoxy groups -OCH3 is 1. The lowest BCUT2D eigenvalue weighted by atomic mass is 10.0. The Morgan fingerprint density at radius 2 is 1.57 bits per heavy atom. The van der Waals surface area contributed by atoms with Crippen molar-refractivity contribution in [3.05, 3.63) is 77.4 Å². The summed E-state index contributed by atoms with van der Waals surface area (Å²) in [5, 5.41) is 4.79. The van der Waals surface area contributed by atoms with E-state index in [1.807, 2.05) is 36.4 Å². The molecule has 0 aliphatic heterocycles. The van der Waals surface area contributed by atoms with E-state index in [4.69, 9.17) is 4.74 Å². The number of carbonyl (C=O) groups is 1. The van der Waals surface area contributed by atoms with Gasteiger partial charge in [-0.2, -0.15) is 0 Å². The molecular formula is C21H22N2O4S. The number of rotatable bonds is 7. The number of benzene rings is 3. The number of amides is 1. The fraction of sp³-hybridized carbons (Fsp3) is 0.190. The first-order valence-electron chi connectivity index (χ1n) is 8.76. The van der Waals surface area contributed by atoms with Crippen LogP contribution in [0.1, 0.15) is 21.5 Å². The van der Waals surface area contributed by atoms with Gasteiger partial charge in [0.2, 0.25) is 10.0 Å². The Morgan fingerprint density at radius 1 is 0.964 bits per heavy atom. The van der Waals surface area contributed by atoms with Crippen LogP contribution in [-0.2, 0) is 22.3 Å². The van der Waals surface area contributed by atoms with Crippen molar-refractivity contribution >= 4 is 26.7 Å². The molecule has 3 aromatic rings. The number of hydrogen-bond acceptors (Lipinski definition) is 4. The summed E-state index contributed by atoms with van der Waals surface area (Å²) in [6.45, 7) is 0.213. The van der Waals surface area contributed by atoms with E-state index in [9.17, 15) is 13.2 Å². The highest BCUT2D eigenvalue weighted by atomic mass is 32.2. The molecule has 1 amide bonds. The lowest BCUT2D eigenvalue weighted by molar-refractivity contribution is 0.0948. The number of sulfonamides is 1. The molecule has 0 unspecified atom stereocenters. The van der Waals surface area contributed by atoms with Gasteiger partial charge >= 0.3 is 0 Å². The highest BCUT2D eigenvalue weighted by Crippen LogP contribution is 2.26. The average Bonchev–Trinajstić information content (AvgIpc) is 2.71. The van der Waals surface area contributed by atoms with Gasteiger partial charge in [-0.1, -0.05) is 48.5 Å². The van der Waals surface area contributed by atoms with Crippen molar-refractivity contribution in [2.24, 2.45) is 0 Å². The van der Waals surface area contributed by atoms with E-state index in [1.165, 1.54) is 14.2 Å². The molecule has 2 N–H and O–H groups in total. The fourth-order valence-electron chi connectivity index (χ4n) is 2.98. The van der Waals surface area contributed by atoms with Gasteiger partial charge in [-0.3, -0.25) is 4.79 Å². The minimum Gasteiger partial charge on any atom is -0.496 e. The zero-order chi connectivity index (χ0) is 20.1. The van der Waals surface area contributed by atoms with Crippen LogP contribution in [-0.4, -0.2) is 28.5 Å². The molecule has 0 radical (unpaired) electrons. The summed E-state index contributed by atoms with van der Waals surface area (Å²) in [7, 11) is -0.496. The highest BCUT2D eigenvalue weighted by molar-refractivity contribution is 7.88. The Balaban J connectivity index is 1.83. The van der Waals surface area contributed by atoms with E-state index in [1.54, 1.807) is 24.3 Å². The van der Waals surface area contributed by atoms with Gasteiger partial charge in [0.15, 0.2) is 0 Å². The normalized spacial score (nSPS) is 11.4. The van der Waals surface area contributed by atoms with Gasteiger partial charge < -0.3 is 10.1 Å². The Labute approximate surface area is 164 Å². The van der Waals surface area contributed by atoms with Crippen molar-refractivity contribution < 1.29 is 17.9 Å². The average molecular weight is 398 g/mol. The van der Waals surface area contributed by atoms with Crippen LogP contribution in [0.15, 0.2) is 60.7 Å². The standard InChI is InChI=1S/C21H22N2O4S/c1-22-28(25,26)14-18-10-6-5-9-17(18)13-23-21(24)19-11-15-7-3-4-8-16(15)12-20(19)27-2/h3-12,22H,13-14H2,1-2H3,(H,23,24). The largest absolute Gasteiger partial charge is 0.496 e. The van der Waals surface area contributed by atoms with Gasteiger partial charge in [0.05, 0.1) is 18.4 Å². The van der Waals surface area contributed by atoms with Gasteiger partial charge in [-0.05, 0) is 41.1 Å². The molecule has 0 saturated carbocycles. The predicted octanol–water partition coefficient (Wildman–Crippen LogP) is 2.83. The summed E-state index contributed by atoms with van der Waals surface area (Å²) in [5.41, 5.74) is 1.82. The lowest BCUT2D eigenvalue weighted by Gasteiger charge is -2.13. The van der Waals surface area contributed by atoms with Crippen molar-refractivity contribution in [2.75, 3.05) is 14.2 Å². The van der Waals surface area contributed by atoms with Gasteiger partial charge in [0.1, 0.15) is 5.75 Å². The number of ether oxygens (including phenoxy) is 1. The quantitative estimate of drug-likeness (QED) is 0.641. The van der Waals surface area contributed by atoms with Crippen molar-refractivity contribution in [1.29, 1.82) is 0 Å². The second-order valence-corrected chi connectivity index (χ2v) is 8.24. The Morgan fingerprint density at radius 3 is 2.21 bits per heavy atom. The minimum absolute atomic E-state index is 0.144. The first-order chi connectivity index (χ1) is 13.4. The maximum atomic E-state index is 12.8. The minimum atomic E-state index is -3.40. The summed E-state index contributed by atoms with van der Waals surface area (Å²) in [4.78, 5) is 12.8. The molecule has 28 heavy (non-hydrogen) atoms. The number of fused-ring (bicyclic) bond motifs is 1. The second-order valence-electron chi connectivity index (χ2n) is 6.31. The third kappa shape index (κ3) is 4.49. The molecule has 0 spiro atoms. The van der Waals surface area contributed by atoms with Crippen LogP contribution in [0.4, 0.5) is 0 Å². The molecule has 0 bridgehead atoms. The lowest BCUT2D eigenvalue weighted by Crippen LogP contribution is -2.25. The topological polar surface area (TPSA) is 84.5 Å². The fourth-order valence-corrected chi connectivity index (χ4v) is 3.82. The van der Waals surface area contributed by atoms with Gasteiger partial charge in [-0.25, -0.2) is 13.1 Å². The van der Waals surface area contributed by atoms with E-state index in [-0.39, 0.29) is 18.2 Å². The Bertz CT molecular complexity index is 1110. The zero-order valence-electron chi connectivity index (χ0n) is 15.7. The monoisotopic (exact) mass is 398 g/mol. The maximum Gasteiger partial charge on any atom is 0.255 e. The summed E-state index contributed by atoms with van der Waals surface area (Å²) < 4.78 is 31.4. The molecule has 0 aliphatic carbocycles. The van der Waals surface area contributed by atoms with E-state index in [0.717, 1.165) is 16.3 Å². The van der Waals surface area contributed by atoms with Crippen LogP contribution in [0.2, 0.25) is 0 Å². The predicted molar refractivity (Wildman–Crippen MR) is 110 cm³/mol. The first-order valence-corrected chi connectivity index (χ1v) is 10.4. The molecule has 146 valence electrons. The van der Waals surface area contributed by atoms with Gasteiger partial charge in [-0.15, -0.1) is 0 Å². The Hall–Kier alpha value is -2.90. The smallest absolute Gasteiger partial charge is 0.255 e. The van der Waals surface area contributed by atoms with E-state index in [0.29, 0.717) is 16.9 Å². The molecule has 0 aliphatic rings. The summed E-state index contributed by atoms with van der Waals surface area (Å²) in [6.07, 6.45) is 0. The molecule has 0 saturated heterocycles. The highest BCUT2D eigenvalue weighted by Gasteiger charge is 2.16. The molecule has 3 aromatic carbocycles. The SMILES string of the molecule is CNS(=O)(=O)Cc1ccccc1CNC(=O)c1cc2ccccc2cc1OC. The van der Waals surface area contributed by atoms with Crippen LogP contribution in [0.5, 0.6) is 5.75 Å². The molecule has 6 nitrogen and oxygen atoms in total. The molecule has 0 heterocycles. The maximum absolute atomic E-state index is 12.8. The van der Waals surface area contributed by atoms with Crippen molar-refractivity contribution in [2.45, 2.75) is 12.3 Å².